The minimum absolute atomic E-state index is 0.0571. The topological polar surface area (TPSA) is 35.6 Å². The van der Waals surface area contributed by atoms with Gasteiger partial charge in [-0.25, -0.2) is 4.79 Å². The van der Waals surface area contributed by atoms with Crippen molar-refractivity contribution in [1.29, 1.82) is 0 Å². The van der Waals surface area contributed by atoms with Gasteiger partial charge in [-0.3, -0.25) is 0 Å². The Morgan fingerprint density at radius 2 is 1.58 bits per heavy atom. The van der Waals surface area contributed by atoms with Crippen LogP contribution in [0.3, 0.4) is 0 Å². The van der Waals surface area contributed by atoms with E-state index in [0.29, 0.717) is 11.6 Å². The minimum atomic E-state index is -0.0877. The molecule has 0 fully saturated rings. The summed E-state index contributed by atoms with van der Waals surface area (Å²) in [7, 11) is 5.84. The van der Waals surface area contributed by atoms with Crippen molar-refractivity contribution in [2.75, 3.05) is 26.0 Å². The first-order valence-corrected chi connectivity index (χ1v) is 9.19. The second-order valence-electron chi connectivity index (χ2n) is 7.14. The van der Waals surface area contributed by atoms with Crippen molar-refractivity contribution in [2.45, 2.75) is 26.4 Å². The van der Waals surface area contributed by atoms with E-state index in [0.717, 1.165) is 16.8 Å². The number of hydrogen-bond acceptors (Lipinski definition) is 2. The van der Waals surface area contributed by atoms with E-state index >= 15 is 0 Å². The third kappa shape index (κ3) is 5.40. The number of carbonyl (C=O) groups is 1. The van der Waals surface area contributed by atoms with Gasteiger partial charge in [0, 0.05) is 38.4 Å². The molecule has 0 bridgehead atoms. The molecule has 2 rings (SSSR count). The van der Waals surface area contributed by atoms with Crippen LogP contribution in [0.1, 0.15) is 31.0 Å². The van der Waals surface area contributed by atoms with Crippen molar-refractivity contribution in [3.05, 3.63) is 64.7 Å². The average Bonchev–Trinajstić information content (AvgIpc) is 2.60. The molecule has 0 radical (unpaired) electrons. The second kappa shape index (κ2) is 8.95. The number of halogens is 1. The average molecular weight is 374 g/mol. The van der Waals surface area contributed by atoms with Crippen molar-refractivity contribution >= 4 is 23.3 Å². The fraction of sp³-hybridized carbons (Fsp3) is 0.381. The predicted molar refractivity (Wildman–Crippen MR) is 110 cm³/mol. The smallest absolute Gasteiger partial charge is 0.317 e. The van der Waals surface area contributed by atoms with E-state index < -0.39 is 0 Å². The van der Waals surface area contributed by atoms with Crippen LogP contribution in [0.5, 0.6) is 0 Å². The van der Waals surface area contributed by atoms with Crippen LogP contribution in [0.2, 0.25) is 5.02 Å². The van der Waals surface area contributed by atoms with Gasteiger partial charge >= 0.3 is 6.03 Å². The zero-order valence-electron chi connectivity index (χ0n) is 16.2. The third-order valence-corrected chi connectivity index (χ3v) is 4.65. The normalized spacial score (nSPS) is 12.0. The van der Waals surface area contributed by atoms with Gasteiger partial charge in [0.2, 0.25) is 0 Å². The highest BCUT2D eigenvalue weighted by Gasteiger charge is 2.20. The van der Waals surface area contributed by atoms with Gasteiger partial charge in [-0.05, 0) is 41.3 Å². The van der Waals surface area contributed by atoms with E-state index in [1.807, 2.05) is 45.4 Å². The summed E-state index contributed by atoms with van der Waals surface area (Å²) in [5.41, 5.74) is 3.30. The third-order valence-electron chi connectivity index (χ3n) is 4.39. The highest BCUT2D eigenvalue weighted by Crippen LogP contribution is 2.23. The van der Waals surface area contributed by atoms with E-state index in [-0.39, 0.29) is 18.0 Å². The van der Waals surface area contributed by atoms with Crippen molar-refractivity contribution in [3.8, 4) is 0 Å². The maximum atomic E-state index is 12.7. The molecule has 5 heteroatoms. The molecule has 1 atom stereocenters. The van der Waals surface area contributed by atoms with Crippen molar-refractivity contribution in [1.82, 2.24) is 10.2 Å². The standard InChI is InChI=1S/C21H28ClN3O/c1-15(2)20(17-8-10-18(22)11-9-17)23-21(26)25(5)14-16-6-12-19(13-7-16)24(3)4/h6-13,15,20H,14H2,1-5H3,(H,23,26). The molecule has 2 amide bonds. The molecule has 2 aromatic carbocycles. The summed E-state index contributed by atoms with van der Waals surface area (Å²) in [6, 6.07) is 15.7. The lowest BCUT2D eigenvalue weighted by molar-refractivity contribution is 0.199. The number of carbonyl (C=O) groups excluding carboxylic acids is 1. The Labute approximate surface area is 161 Å². The largest absolute Gasteiger partial charge is 0.378 e. The van der Waals surface area contributed by atoms with Crippen LogP contribution in [0.25, 0.3) is 0 Å². The molecule has 0 aliphatic rings. The molecule has 0 aliphatic heterocycles. The van der Waals surface area contributed by atoms with Gasteiger partial charge < -0.3 is 15.1 Å². The minimum Gasteiger partial charge on any atom is -0.378 e. The molecule has 4 nitrogen and oxygen atoms in total. The molecule has 0 saturated carbocycles. The monoisotopic (exact) mass is 373 g/mol. The first-order chi connectivity index (χ1) is 12.3. The number of anilines is 1. The molecular formula is C21H28ClN3O. The Hall–Kier alpha value is -2.20. The summed E-state index contributed by atoms with van der Waals surface area (Å²) in [6.07, 6.45) is 0. The van der Waals surface area contributed by atoms with Gasteiger partial charge in [0.05, 0.1) is 6.04 Å². The zero-order valence-corrected chi connectivity index (χ0v) is 16.9. The fourth-order valence-electron chi connectivity index (χ4n) is 2.79. The van der Waals surface area contributed by atoms with Gasteiger partial charge in [-0.15, -0.1) is 0 Å². The number of hydrogen-bond donors (Lipinski definition) is 1. The summed E-state index contributed by atoms with van der Waals surface area (Å²) < 4.78 is 0. The van der Waals surface area contributed by atoms with E-state index in [9.17, 15) is 4.79 Å². The lowest BCUT2D eigenvalue weighted by atomic mass is 9.96. The number of benzene rings is 2. The Morgan fingerprint density at radius 3 is 2.08 bits per heavy atom. The Bertz CT molecular complexity index is 711. The molecule has 0 aromatic heterocycles. The molecule has 2 aromatic rings. The van der Waals surface area contributed by atoms with E-state index in [1.54, 1.807) is 4.90 Å². The van der Waals surface area contributed by atoms with Crippen LogP contribution in [-0.2, 0) is 6.54 Å². The van der Waals surface area contributed by atoms with E-state index in [1.165, 1.54) is 0 Å². The highest BCUT2D eigenvalue weighted by atomic mass is 35.5. The SMILES string of the molecule is CC(C)C(NC(=O)N(C)Cc1ccc(N(C)C)cc1)c1ccc(Cl)cc1. The lowest BCUT2D eigenvalue weighted by Gasteiger charge is -2.27. The first kappa shape index (κ1) is 20.1. The van der Waals surface area contributed by atoms with Crippen LogP contribution in [-0.4, -0.2) is 32.1 Å². The second-order valence-corrected chi connectivity index (χ2v) is 7.58. The van der Waals surface area contributed by atoms with Crippen LogP contribution >= 0.6 is 11.6 Å². The molecule has 140 valence electrons. The van der Waals surface area contributed by atoms with Gasteiger partial charge in [0.25, 0.3) is 0 Å². The van der Waals surface area contributed by atoms with Gasteiger partial charge in [0.15, 0.2) is 0 Å². The van der Waals surface area contributed by atoms with Gasteiger partial charge in [-0.2, -0.15) is 0 Å². The summed E-state index contributed by atoms with van der Waals surface area (Å²) in [6.45, 7) is 4.75. The van der Waals surface area contributed by atoms with Crippen LogP contribution in [0, 0.1) is 5.92 Å². The number of urea groups is 1. The summed E-state index contributed by atoms with van der Waals surface area (Å²) in [5.74, 6) is 0.271. The molecule has 26 heavy (non-hydrogen) atoms. The Morgan fingerprint density at radius 1 is 1.00 bits per heavy atom. The number of amides is 2. The zero-order chi connectivity index (χ0) is 19.3. The predicted octanol–water partition coefficient (Wildman–Crippen LogP) is 4.94. The maximum absolute atomic E-state index is 12.7. The van der Waals surface area contributed by atoms with Crippen molar-refractivity contribution in [2.24, 2.45) is 5.92 Å². The van der Waals surface area contributed by atoms with Crippen LogP contribution in [0.15, 0.2) is 48.5 Å². The summed E-state index contributed by atoms with van der Waals surface area (Å²) >= 11 is 5.97. The summed E-state index contributed by atoms with van der Waals surface area (Å²) in [5, 5.41) is 3.83. The number of rotatable bonds is 6. The Kier molecular flexibility index (Phi) is 6.92. The first-order valence-electron chi connectivity index (χ1n) is 8.81. The molecular weight excluding hydrogens is 346 g/mol. The molecule has 0 aliphatic carbocycles. The molecule has 0 heterocycles. The van der Waals surface area contributed by atoms with Crippen LogP contribution < -0.4 is 10.2 Å². The molecule has 1 N–H and O–H groups in total. The van der Waals surface area contributed by atoms with E-state index in [4.69, 9.17) is 11.6 Å². The van der Waals surface area contributed by atoms with Gasteiger partial charge in [-0.1, -0.05) is 49.7 Å². The van der Waals surface area contributed by atoms with Crippen LogP contribution in [0.4, 0.5) is 10.5 Å². The summed E-state index contributed by atoms with van der Waals surface area (Å²) in [4.78, 5) is 16.4. The number of nitrogens with one attached hydrogen (secondary N) is 1. The quantitative estimate of drug-likeness (QED) is 0.778. The van der Waals surface area contributed by atoms with E-state index in [2.05, 4.69) is 48.3 Å². The Balaban J connectivity index is 2.02. The fourth-order valence-corrected chi connectivity index (χ4v) is 2.92. The maximum Gasteiger partial charge on any atom is 0.317 e. The molecule has 0 saturated heterocycles. The highest BCUT2D eigenvalue weighted by molar-refractivity contribution is 6.30. The van der Waals surface area contributed by atoms with Crippen molar-refractivity contribution < 1.29 is 4.79 Å². The van der Waals surface area contributed by atoms with Gasteiger partial charge in [0.1, 0.15) is 0 Å². The van der Waals surface area contributed by atoms with Crippen molar-refractivity contribution in [3.63, 3.8) is 0 Å². The molecule has 0 spiro atoms. The lowest BCUT2D eigenvalue weighted by Crippen LogP contribution is -2.40. The molecule has 1 unspecified atom stereocenters. The number of nitrogens with zero attached hydrogens (tertiary/aromatic N) is 2.